The lowest BCUT2D eigenvalue weighted by molar-refractivity contribution is -0.385. The number of rotatable bonds is 4. The normalized spacial score (nSPS) is 11.2. The van der Waals surface area contributed by atoms with Gasteiger partial charge in [0.2, 0.25) is 0 Å². The fourth-order valence-electron chi connectivity index (χ4n) is 1.83. The standard InChI is InChI=1S/C15H10FNO4/c16-12-7-5-10(6-8-12)13(15(18)19)9-11-3-1-2-4-14(11)17(20)21/h1-9H,(H,18,19)/b13-9-. The molecule has 0 aliphatic carbocycles. The molecular weight excluding hydrogens is 277 g/mol. The first kappa shape index (κ1) is 14.4. The molecular formula is C15H10FNO4. The van der Waals surface area contributed by atoms with Crippen LogP contribution in [0.15, 0.2) is 48.5 Å². The molecule has 0 unspecified atom stereocenters. The molecule has 0 spiro atoms. The minimum absolute atomic E-state index is 0.149. The Morgan fingerprint density at radius 3 is 2.33 bits per heavy atom. The number of nitro benzene ring substituents is 1. The largest absolute Gasteiger partial charge is 0.478 e. The van der Waals surface area contributed by atoms with Gasteiger partial charge >= 0.3 is 5.97 Å². The molecule has 0 saturated carbocycles. The second kappa shape index (κ2) is 5.96. The number of carboxylic acids is 1. The molecule has 2 rings (SSSR count). The molecule has 5 nitrogen and oxygen atoms in total. The van der Waals surface area contributed by atoms with Gasteiger partial charge in [-0.15, -0.1) is 0 Å². The van der Waals surface area contributed by atoms with Crippen molar-refractivity contribution in [1.29, 1.82) is 0 Å². The van der Waals surface area contributed by atoms with Crippen LogP contribution < -0.4 is 0 Å². The Morgan fingerprint density at radius 1 is 1.14 bits per heavy atom. The van der Waals surface area contributed by atoms with E-state index in [2.05, 4.69) is 0 Å². The maximum atomic E-state index is 12.9. The summed E-state index contributed by atoms with van der Waals surface area (Å²) >= 11 is 0. The maximum absolute atomic E-state index is 12.9. The van der Waals surface area contributed by atoms with Crippen LogP contribution in [0.2, 0.25) is 0 Å². The summed E-state index contributed by atoms with van der Waals surface area (Å²) in [5, 5.41) is 20.2. The van der Waals surface area contributed by atoms with E-state index >= 15 is 0 Å². The van der Waals surface area contributed by atoms with Gasteiger partial charge in [0.25, 0.3) is 5.69 Å². The number of halogens is 1. The highest BCUT2D eigenvalue weighted by Gasteiger charge is 2.15. The molecule has 0 fully saturated rings. The van der Waals surface area contributed by atoms with Crippen LogP contribution in [0, 0.1) is 15.9 Å². The Hall–Kier alpha value is -3.02. The van der Waals surface area contributed by atoms with E-state index in [0.717, 1.165) is 12.1 Å². The van der Waals surface area contributed by atoms with Crippen molar-refractivity contribution in [3.63, 3.8) is 0 Å². The fraction of sp³-hybridized carbons (Fsp3) is 0. The highest BCUT2D eigenvalue weighted by molar-refractivity contribution is 6.20. The van der Waals surface area contributed by atoms with E-state index in [-0.39, 0.29) is 22.4 Å². The number of carboxylic acid groups (broad SMARTS) is 1. The molecule has 0 saturated heterocycles. The molecule has 0 aliphatic rings. The van der Waals surface area contributed by atoms with Crippen molar-refractivity contribution in [3.05, 3.63) is 75.6 Å². The minimum Gasteiger partial charge on any atom is -0.478 e. The van der Waals surface area contributed by atoms with Crippen LogP contribution in [0.5, 0.6) is 0 Å². The van der Waals surface area contributed by atoms with E-state index in [1.807, 2.05) is 0 Å². The van der Waals surface area contributed by atoms with Gasteiger partial charge in [0.1, 0.15) is 5.82 Å². The molecule has 0 radical (unpaired) electrons. The summed E-state index contributed by atoms with van der Waals surface area (Å²) in [6, 6.07) is 10.7. The summed E-state index contributed by atoms with van der Waals surface area (Å²) in [5.41, 5.74) is 0.0916. The van der Waals surface area contributed by atoms with Crippen molar-refractivity contribution in [2.24, 2.45) is 0 Å². The third-order valence-electron chi connectivity index (χ3n) is 2.82. The molecule has 1 N–H and O–H groups in total. The Balaban J connectivity index is 2.56. The van der Waals surface area contributed by atoms with Crippen LogP contribution in [0.3, 0.4) is 0 Å². The zero-order valence-electron chi connectivity index (χ0n) is 10.7. The van der Waals surface area contributed by atoms with E-state index in [0.29, 0.717) is 0 Å². The van der Waals surface area contributed by atoms with Gasteiger partial charge in [-0.2, -0.15) is 0 Å². The molecule has 0 aromatic heterocycles. The van der Waals surface area contributed by atoms with Crippen LogP contribution in [0.1, 0.15) is 11.1 Å². The first-order chi connectivity index (χ1) is 9.99. The predicted molar refractivity (Wildman–Crippen MR) is 75.0 cm³/mol. The zero-order chi connectivity index (χ0) is 15.4. The Morgan fingerprint density at radius 2 is 1.76 bits per heavy atom. The average molecular weight is 287 g/mol. The molecule has 2 aromatic rings. The molecule has 0 heterocycles. The molecule has 0 atom stereocenters. The van der Waals surface area contributed by atoms with Gasteiger partial charge in [-0.1, -0.05) is 24.3 Å². The predicted octanol–water partition coefficient (Wildman–Crippen LogP) is 3.36. The summed E-state index contributed by atoms with van der Waals surface area (Å²) in [4.78, 5) is 21.7. The number of carbonyl (C=O) groups is 1. The van der Waals surface area contributed by atoms with Gasteiger partial charge in [-0.05, 0) is 29.8 Å². The quantitative estimate of drug-likeness (QED) is 0.404. The minimum atomic E-state index is -1.25. The van der Waals surface area contributed by atoms with Gasteiger partial charge in [-0.3, -0.25) is 10.1 Å². The number of aliphatic carboxylic acids is 1. The van der Waals surface area contributed by atoms with Crippen LogP contribution in [-0.4, -0.2) is 16.0 Å². The van der Waals surface area contributed by atoms with Crippen molar-refractivity contribution in [3.8, 4) is 0 Å². The zero-order valence-corrected chi connectivity index (χ0v) is 10.7. The topological polar surface area (TPSA) is 80.4 Å². The van der Waals surface area contributed by atoms with Gasteiger partial charge in [0.15, 0.2) is 0 Å². The van der Waals surface area contributed by atoms with E-state index in [1.54, 1.807) is 6.07 Å². The second-order valence-electron chi connectivity index (χ2n) is 4.19. The number of hydrogen-bond acceptors (Lipinski definition) is 3. The third-order valence-corrected chi connectivity index (χ3v) is 2.82. The lowest BCUT2D eigenvalue weighted by Crippen LogP contribution is -2.00. The summed E-state index contributed by atoms with van der Waals surface area (Å²) in [5.74, 6) is -1.74. The number of hydrogen-bond donors (Lipinski definition) is 1. The SMILES string of the molecule is O=C(O)/C(=C\c1ccccc1[N+](=O)[O-])c1ccc(F)cc1. The van der Waals surface area contributed by atoms with E-state index in [9.17, 15) is 24.4 Å². The van der Waals surface area contributed by atoms with Crippen LogP contribution in [-0.2, 0) is 4.79 Å². The average Bonchev–Trinajstić information content (AvgIpc) is 2.46. The van der Waals surface area contributed by atoms with Gasteiger partial charge < -0.3 is 5.11 Å². The molecule has 106 valence electrons. The number of para-hydroxylation sites is 1. The lowest BCUT2D eigenvalue weighted by Gasteiger charge is -2.04. The van der Waals surface area contributed by atoms with Crippen molar-refractivity contribution >= 4 is 23.3 Å². The van der Waals surface area contributed by atoms with Gasteiger partial charge in [-0.25, -0.2) is 9.18 Å². The van der Waals surface area contributed by atoms with E-state index in [4.69, 9.17) is 0 Å². The maximum Gasteiger partial charge on any atom is 0.336 e. The summed E-state index contributed by atoms with van der Waals surface area (Å²) < 4.78 is 12.9. The van der Waals surface area contributed by atoms with Gasteiger partial charge in [0, 0.05) is 6.07 Å². The Labute approximate surface area is 119 Å². The van der Waals surface area contributed by atoms with Gasteiger partial charge in [0.05, 0.1) is 16.1 Å². The van der Waals surface area contributed by atoms with Crippen molar-refractivity contribution in [2.45, 2.75) is 0 Å². The third kappa shape index (κ3) is 3.30. The van der Waals surface area contributed by atoms with Crippen LogP contribution in [0.4, 0.5) is 10.1 Å². The van der Waals surface area contributed by atoms with Crippen molar-refractivity contribution in [2.75, 3.05) is 0 Å². The highest BCUT2D eigenvalue weighted by Crippen LogP contribution is 2.25. The Kier molecular flexibility index (Phi) is 4.08. The summed E-state index contributed by atoms with van der Waals surface area (Å²) in [6.07, 6.45) is 1.20. The second-order valence-corrected chi connectivity index (χ2v) is 4.19. The highest BCUT2D eigenvalue weighted by atomic mass is 19.1. The smallest absolute Gasteiger partial charge is 0.336 e. The van der Waals surface area contributed by atoms with Crippen molar-refractivity contribution < 1.29 is 19.2 Å². The summed E-state index contributed by atoms with van der Waals surface area (Å²) in [7, 11) is 0. The molecule has 2 aromatic carbocycles. The molecule has 6 heteroatoms. The molecule has 0 bridgehead atoms. The molecule has 0 aliphatic heterocycles. The van der Waals surface area contributed by atoms with E-state index < -0.39 is 16.7 Å². The first-order valence-corrected chi connectivity index (χ1v) is 5.93. The molecule has 0 amide bonds. The van der Waals surface area contributed by atoms with Crippen LogP contribution >= 0.6 is 0 Å². The monoisotopic (exact) mass is 287 g/mol. The number of benzene rings is 2. The summed E-state index contributed by atoms with van der Waals surface area (Å²) in [6.45, 7) is 0. The lowest BCUT2D eigenvalue weighted by atomic mass is 10.0. The van der Waals surface area contributed by atoms with E-state index in [1.165, 1.54) is 36.4 Å². The van der Waals surface area contributed by atoms with Crippen LogP contribution in [0.25, 0.3) is 11.6 Å². The van der Waals surface area contributed by atoms with Crippen molar-refractivity contribution in [1.82, 2.24) is 0 Å². The molecule has 21 heavy (non-hydrogen) atoms. The number of nitrogens with zero attached hydrogens (tertiary/aromatic N) is 1. The fourth-order valence-corrected chi connectivity index (χ4v) is 1.83. The Bertz CT molecular complexity index is 723. The number of nitro groups is 1. The first-order valence-electron chi connectivity index (χ1n) is 5.93.